The van der Waals surface area contributed by atoms with Crippen molar-refractivity contribution >= 4 is 29.0 Å². The van der Waals surface area contributed by atoms with Gasteiger partial charge >= 0.3 is 0 Å². The first-order valence-electron chi connectivity index (χ1n) is 9.38. The number of hydrogen-bond donors (Lipinski definition) is 1. The van der Waals surface area contributed by atoms with E-state index in [1.54, 1.807) is 16.9 Å². The monoisotopic (exact) mass is 412 g/mol. The second-order valence-electron chi connectivity index (χ2n) is 6.80. The number of carbonyl (C=O) groups is 1. The molecule has 1 atom stereocenters. The molecule has 0 radical (unpaired) electrons. The first-order chi connectivity index (χ1) is 14.0. The molecule has 1 amide bonds. The summed E-state index contributed by atoms with van der Waals surface area (Å²) in [7, 11) is 0. The van der Waals surface area contributed by atoms with Gasteiger partial charge in [-0.25, -0.2) is 0 Å². The first-order valence-corrected chi connectivity index (χ1v) is 9.76. The van der Waals surface area contributed by atoms with E-state index in [2.05, 4.69) is 20.7 Å². The highest BCUT2D eigenvalue weighted by atomic mass is 35.5. The van der Waals surface area contributed by atoms with Crippen molar-refractivity contribution in [1.82, 2.24) is 19.6 Å². The van der Waals surface area contributed by atoms with E-state index in [9.17, 15) is 4.79 Å². The van der Waals surface area contributed by atoms with Crippen molar-refractivity contribution in [3.63, 3.8) is 0 Å². The largest absolute Gasteiger partial charge is 0.382 e. The summed E-state index contributed by atoms with van der Waals surface area (Å²) in [6, 6.07) is 9.32. The molecule has 1 aromatic carbocycles. The minimum Gasteiger partial charge on any atom is -0.382 e. The van der Waals surface area contributed by atoms with Gasteiger partial charge in [0, 0.05) is 42.0 Å². The van der Waals surface area contributed by atoms with Gasteiger partial charge in [-0.2, -0.15) is 10.2 Å². The summed E-state index contributed by atoms with van der Waals surface area (Å²) in [6.45, 7) is 5.23. The predicted octanol–water partition coefficient (Wildman–Crippen LogP) is 3.24. The van der Waals surface area contributed by atoms with E-state index in [0.717, 1.165) is 29.1 Å². The molecule has 0 fully saturated rings. The van der Waals surface area contributed by atoms with Crippen LogP contribution in [0.5, 0.6) is 0 Å². The maximum Gasteiger partial charge on any atom is 0.269 e. The Morgan fingerprint density at radius 2 is 2.10 bits per heavy atom. The van der Waals surface area contributed by atoms with Crippen molar-refractivity contribution in [3.8, 4) is 0 Å². The fourth-order valence-electron chi connectivity index (χ4n) is 3.16. The number of oxime groups is 1. The Kier molecular flexibility index (Phi) is 5.35. The standard InChI is InChI=1S/C20H21ClN6O2/c1-3-26-12-15(13(2)23-26)17-10-18(29-25-17)20(28)22-19-8-9-27(24-19)11-14-6-4-5-7-16(14)21/h4-9,12,18H,3,10-11H2,1-2H3,(H,22,24,28). The zero-order valence-electron chi connectivity index (χ0n) is 16.2. The van der Waals surface area contributed by atoms with Gasteiger partial charge in [-0.1, -0.05) is 35.0 Å². The molecule has 9 heteroatoms. The molecule has 0 saturated carbocycles. The Morgan fingerprint density at radius 1 is 1.28 bits per heavy atom. The fourth-order valence-corrected chi connectivity index (χ4v) is 3.36. The van der Waals surface area contributed by atoms with E-state index in [0.29, 0.717) is 23.8 Å². The topological polar surface area (TPSA) is 86.3 Å². The van der Waals surface area contributed by atoms with Gasteiger partial charge in [0.2, 0.25) is 6.10 Å². The molecular weight excluding hydrogens is 392 g/mol. The molecule has 0 saturated heterocycles. The zero-order valence-corrected chi connectivity index (χ0v) is 16.9. The van der Waals surface area contributed by atoms with Crippen LogP contribution >= 0.6 is 11.6 Å². The van der Waals surface area contributed by atoms with Crippen molar-refractivity contribution in [2.75, 3.05) is 5.32 Å². The number of nitrogens with one attached hydrogen (secondary N) is 1. The van der Waals surface area contributed by atoms with Crippen LogP contribution in [0.15, 0.2) is 47.9 Å². The maximum atomic E-state index is 12.6. The van der Waals surface area contributed by atoms with Gasteiger partial charge in [0.25, 0.3) is 5.91 Å². The molecule has 1 N–H and O–H groups in total. The number of carbonyl (C=O) groups excluding carboxylic acids is 1. The number of hydrogen-bond acceptors (Lipinski definition) is 5. The molecule has 3 aromatic rings. The molecule has 0 aliphatic carbocycles. The van der Waals surface area contributed by atoms with Crippen molar-refractivity contribution in [1.29, 1.82) is 0 Å². The minimum atomic E-state index is -0.692. The molecular formula is C20H21ClN6O2. The Labute approximate surface area is 173 Å². The van der Waals surface area contributed by atoms with Gasteiger partial charge in [0.1, 0.15) is 0 Å². The van der Waals surface area contributed by atoms with E-state index in [1.807, 2.05) is 49.0 Å². The molecule has 2 aromatic heterocycles. The summed E-state index contributed by atoms with van der Waals surface area (Å²) < 4.78 is 3.56. The SMILES string of the molecule is CCn1cc(C2=NOC(C(=O)Nc3ccn(Cc4ccccc4Cl)n3)C2)c(C)n1. The van der Waals surface area contributed by atoms with Crippen LogP contribution in [0.25, 0.3) is 0 Å². The number of rotatable bonds is 6. The molecule has 0 bridgehead atoms. The van der Waals surface area contributed by atoms with Crippen LogP contribution < -0.4 is 5.32 Å². The van der Waals surface area contributed by atoms with E-state index >= 15 is 0 Å². The van der Waals surface area contributed by atoms with Crippen LogP contribution in [0.2, 0.25) is 5.02 Å². The van der Waals surface area contributed by atoms with Crippen LogP contribution in [-0.4, -0.2) is 37.3 Å². The number of halogens is 1. The summed E-state index contributed by atoms with van der Waals surface area (Å²) in [5.74, 6) is 0.168. The number of nitrogens with zero attached hydrogens (tertiary/aromatic N) is 5. The smallest absolute Gasteiger partial charge is 0.269 e. The van der Waals surface area contributed by atoms with Crippen molar-refractivity contribution < 1.29 is 9.63 Å². The van der Waals surface area contributed by atoms with Crippen LogP contribution in [0.3, 0.4) is 0 Å². The average molecular weight is 413 g/mol. The Hall–Kier alpha value is -3.13. The number of anilines is 1. The summed E-state index contributed by atoms with van der Waals surface area (Å²) in [5.41, 5.74) is 3.46. The lowest BCUT2D eigenvalue weighted by Gasteiger charge is -2.07. The van der Waals surface area contributed by atoms with Gasteiger partial charge < -0.3 is 10.2 Å². The van der Waals surface area contributed by atoms with E-state index < -0.39 is 6.10 Å². The van der Waals surface area contributed by atoms with Gasteiger partial charge in [-0.3, -0.25) is 14.2 Å². The summed E-state index contributed by atoms with van der Waals surface area (Å²) in [4.78, 5) is 17.9. The predicted molar refractivity (Wildman–Crippen MR) is 110 cm³/mol. The highest BCUT2D eigenvalue weighted by Gasteiger charge is 2.30. The third kappa shape index (κ3) is 4.17. The lowest BCUT2D eigenvalue weighted by Crippen LogP contribution is -2.28. The Bertz CT molecular complexity index is 1070. The van der Waals surface area contributed by atoms with E-state index in [4.69, 9.17) is 16.4 Å². The molecule has 1 aliphatic rings. The molecule has 1 aliphatic heterocycles. The third-order valence-corrected chi connectivity index (χ3v) is 5.09. The highest BCUT2D eigenvalue weighted by Crippen LogP contribution is 2.20. The third-order valence-electron chi connectivity index (χ3n) is 4.72. The van der Waals surface area contributed by atoms with Crippen LogP contribution in [-0.2, 0) is 22.7 Å². The molecule has 4 rings (SSSR count). The average Bonchev–Trinajstić information content (AvgIpc) is 3.43. The van der Waals surface area contributed by atoms with E-state index in [-0.39, 0.29) is 5.91 Å². The number of amides is 1. The van der Waals surface area contributed by atoms with Gasteiger partial charge in [-0.15, -0.1) is 0 Å². The minimum absolute atomic E-state index is 0.285. The molecule has 1 unspecified atom stereocenters. The summed E-state index contributed by atoms with van der Waals surface area (Å²) in [6.07, 6.45) is 3.42. The van der Waals surface area contributed by atoms with Gasteiger partial charge in [-0.05, 0) is 25.5 Å². The first kappa shape index (κ1) is 19.2. The highest BCUT2D eigenvalue weighted by molar-refractivity contribution is 6.31. The van der Waals surface area contributed by atoms with Gasteiger partial charge in [0.15, 0.2) is 5.82 Å². The van der Waals surface area contributed by atoms with Crippen molar-refractivity contribution in [2.24, 2.45) is 5.16 Å². The Balaban J connectivity index is 1.36. The van der Waals surface area contributed by atoms with Crippen molar-refractivity contribution in [2.45, 2.75) is 39.5 Å². The Morgan fingerprint density at radius 3 is 2.86 bits per heavy atom. The normalized spacial score (nSPS) is 15.8. The number of aromatic nitrogens is 4. The fraction of sp³-hybridized carbons (Fsp3) is 0.300. The van der Waals surface area contributed by atoms with E-state index in [1.165, 1.54) is 0 Å². The maximum absolute atomic E-state index is 12.6. The van der Waals surface area contributed by atoms with Crippen LogP contribution in [0.1, 0.15) is 30.2 Å². The molecule has 8 nitrogen and oxygen atoms in total. The molecule has 150 valence electrons. The molecule has 0 spiro atoms. The number of benzene rings is 1. The summed E-state index contributed by atoms with van der Waals surface area (Å²) in [5, 5.41) is 16.4. The molecule has 3 heterocycles. The second kappa shape index (κ2) is 8.08. The zero-order chi connectivity index (χ0) is 20.4. The lowest BCUT2D eigenvalue weighted by molar-refractivity contribution is -0.125. The number of aryl methyl sites for hydroxylation is 2. The molecule has 29 heavy (non-hydrogen) atoms. The van der Waals surface area contributed by atoms with Gasteiger partial charge in [0.05, 0.1) is 18.0 Å². The van der Waals surface area contributed by atoms with Crippen molar-refractivity contribution in [3.05, 3.63) is 64.6 Å². The second-order valence-corrected chi connectivity index (χ2v) is 7.21. The van der Waals surface area contributed by atoms with Crippen LogP contribution in [0, 0.1) is 6.92 Å². The van der Waals surface area contributed by atoms with Crippen LogP contribution in [0.4, 0.5) is 5.82 Å². The summed E-state index contributed by atoms with van der Waals surface area (Å²) >= 11 is 6.19. The lowest BCUT2D eigenvalue weighted by atomic mass is 10.1. The quantitative estimate of drug-likeness (QED) is 0.673.